The molecule has 1 aromatic heterocycles. The fraction of sp³-hybridized carbons (Fsp3) is 0.269. The predicted molar refractivity (Wildman–Crippen MR) is 127 cm³/mol. The van der Waals surface area contributed by atoms with E-state index in [4.69, 9.17) is 9.15 Å². The Hall–Kier alpha value is -4.81. The number of methoxy groups -OCH3 is 1. The van der Waals surface area contributed by atoms with Crippen LogP contribution in [0.5, 0.6) is 5.75 Å². The van der Waals surface area contributed by atoms with Crippen molar-refractivity contribution in [2.45, 2.75) is 31.0 Å². The highest BCUT2D eigenvalue weighted by atomic mass is 19.1. The molecule has 3 N–H and O–H groups in total. The molecule has 2 saturated heterocycles. The van der Waals surface area contributed by atoms with E-state index in [1.807, 2.05) is 0 Å². The van der Waals surface area contributed by atoms with Gasteiger partial charge < -0.3 is 24.7 Å². The van der Waals surface area contributed by atoms with E-state index in [0.717, 1.165) is 6.07 Å². The molecule has 2 aromatic carbocycles. The molecule has 0 bridgehead atoms. The lowest BCUT2D eigenvalue weighted by Gasteiger charge is -2.29. The van der Waals surface area contributed by atoms with Crippen molar-refractivity contribution in [3.05, 3.63) is 64.4 Å². The normalized spacial score (nSPS) is 24.3. The number of ether oxygens (including phenoxy) is 1. The molecule has 0 aliphatic carbocycles. The molecule has 200 valence electrons. The molecule has 39 heavy (non-hydrogen) atoms. The third-order valence-electron chi connectivity index (χ3n) is 7.48. The Morgan fingerprint density at radius 1 is 1.08 bits per heavy atom. The molecule has 0 unspecified atom stereocenters. The van der Waals surface area contributed by atoms with Crippen LogP contribution in [0.1, 0.15) is 40.6 Å². The van der Waals surface area contributed by atoms with Crippen LogP contribution in [0, 0.1) is 11.6 Å². The molecule has 3 aromatic rings. The highest BCUT2D eigenvalue weighted by Crippen LogP contribution is 2.38. The van der Waals surface area contributed by atoms with E-state index in [0.29, 0.717) is 5.56 Å². The van der Waals surface area contributed by atoms with Crippen molar-refractivity contribution in [2.75, 3.05) is 13.7 Å². The van der Waals surface area contributed by atoms with Gasteiger partial charge in [-0.15, -0.1) is 0 Å². The second kappa shape index (κ2) is 8.09. The summed E-state index contributed by atoms with van der Waals surface area (Å²) in [6, 6.07) is 5.78. The summed E-state index contributed by atoms with van der Waals surface area (Å²) in [5.41, 5.74) is -3.46. The van der Waals surface area contributed by atoms with Crippen LogP contribution >= 0.6 is 0 Å². The molecule has 0 saturated carbocycles. The minimum atomic E-state index is -1.92. The van der Waals surface area contributed by atoms with Gasteiger partial charge in [0.25, 0.3) is 11.8 Å². The maximum Gasteiger partial charge on any atom is 0.322 e. The van der Waals surface area contributed by atoms with Gasteiger partial charge in [0.15, 0.2) is 22.9 Å². The molecule has 0 radical (unpaired) electrons. The first-order valence-corrected chi connectivity index (χ1v) is 11.8. The summed E-state index contributed by atoms with van der Waals surface area (Å²) < 4.78 is 40.8. The van der Waals surface area contributed by atoms with Crippen molar-refractivity contribution in [3.8, 4) is 5.75 Å². The minimum absolute atomic E-state index is 0.00763. The Morgan fingerprint density at radius 3 is 2.49 bits per heavy atom. The van der Waals surface area contributed by atoms with Gasteiger partial charge in [-0.25, -0.2) is 13.6 Å². The Balaban J connectivity index is 1.41. The van der Waals surface area contributed by atoms with E-state index >= 15 is 4.39 Å². The number of rotatable bonds is 5. The number of amides is 5. The second-order valence-corrected chi connectivity index (χ2v) is 9.84. The van der Waals surface area contributed by atoms with Crippen molar-refractivity contribution < 1.29 is 41.9 Å². The summed E-state index contributed by atoms with van der Waals surface area (Å²) in [7, 11) is 1.27. The van der Waals surface area contributed by atoms with Gasteiger partial charge in [0.2, 0.25) is 5.91 Å². The molecule has 2 fully saturated rings. The topological polar surface area (TPSA) is 147 Å². The smallest absolute Gasteiger partial charge is 0.322 e. The van der Waals surface area contributed by atoms with Crippen LogP contribution in [0.15, 0.2) is 34.7 Å². The van der Waals surface area contributed by atoms with E-state index in [9.17, 15) is 28.4 Å². The molecule has 0 spiro atoms. The van der Waals surface area contributed by atoms with Crippen LogP contribution < -0.4 is 20.7 Å². The first-order valence-electron chi connectivity index (χ1n) is 11.8. The number of nitrogens with one attached hydrogen (secondary N) is 3. The minimum Gasteiger partial charge on any atom is -0.494 e. The van der Waals surface area contributed by atoms with E-state index in [1.54, 1.807) is 0 Å². The summed E-state index contributed by atoms with van der Waals surface area (Å²) in [5, 5.41) is 7.40. The summed E-state index contributed by atoms with van der Waals surface area (Å²) in [4.78, 5) is 64.0. The lowest BCUT2D eigenvalue weighted by Crippen LogP contribution is -2.52. The standard InChI is InChI=1S/C26H20F2N4O7/c1-25(17(33)8-19(34)30-25)13-5-12-6-18(39-16(12)7-14(13)27)26(23(36)29-24(37)31-26)10-32-9-11-3-4-15(38-2)21(28)20(11)22(32)35/h3-7H,8-10H2,1-2H3,(H,30,34)(H2,29,31,36,37)/t25-,26-/m0/s1. The highest BCUT2D eigenvalue weighted by Gasteiger charge is 2.53. The van der Waals surface area contributed by atoms with Gasteiger partial charge in [0, 0.05) is 23.6 Å². The Kier molecular flexibility index (Phi) is 5.09. The lowest BCUT2D eigenvalue weighted by molar-refractivity contribution is -0.125. The third kappa shape index (κ3) is 3.42. The number of halogens is 2. The van der Waals surface area contributed by atoms with Crippen molar-refractivity contribution in [3.63, 3.8) is 0 Å². The number of carbonyl (C=O) groups is 5. The number of furan rings is 1. The quantitative estimate of drug-likeness (QED) is 0.331. The molecule has 4 heterocycles. The number of nitrogens with zero attached hydrogens (tertiary/aromatic N) is 1. The number of hydrogen-bond donors (Lipinski definition) is 3. The fourth-order valence-electron chi connectivity index (χ4n) is 5.41. The average molecular weight is 538 g/mol. The van der Waals surface area contributed by atoms with Gasteiger partial charge in [-0.2, -0.15) is 0 Å². The molecule has 2 atom stereocenters. The number of hydrogen-bond acceptors (Lipinski definition) is 7. The zero-order valence-electron chi connectivity index (χ0n) is 20.6. The number of benzene rings is 2. The maximum atomic E-state index is 15.2. The van der Waals surface area contributed by atoms with E-state index < -0.39 is 65.2 Å². The molecule has 6 rings (SSSR count). The fourth-order valence-corrected chi connectivity index (χ4v) is 5.41. The monoisotopic (exact) mass is 538 g/mol. The van der Waals surface area contributed by atoms with E-state index in [2.05, 4.69) is 16.0 Å². The van der Waals surface area contributed by atoms with Crippen LogP contribution in [0.25, 0.3) is 11.0 Å². The SMILES string of the molecule is COc1ccc2c(c1F)C(=O)N(C[C@@]1(c3cc4cc([C@]5(C)NC(=O)CC5=O)c(F)cc4o3)NC(=O)NC1=O)C2. The zero-order chi connectivity index (χ0) is 27.9. The highest BCUT2D eigenvalue weighted by molar-refractivity contribution is 6.11. The predicted octanol–water partition coefficient (Wildman–Crippen LogP) is 1.71. The molecular weight excluding hydrogens is 518 g/mol. The number of imide groups is 1. The third-order valence-corrected chi connectivity index (χ3v) is 7.48. The molecule has 3 aliphatic heterocycles. The van der Waals surface area contributed by atoms with E-state index in [1.165, 1.54) is 43.2 Å². The molecule has 3 aliphatic rings. The summed E-state index contributed by atoms with van der Waals surface area (Å²) in [5.74, 6) is -4.51. The Bertz CT molecular complexity index is 1670. The van der Waals surface area contributed by atoms with Crippen molar-refractivity contribution in [2.24, 2.45) is 0 Å². The molecule has 13 heteroatoms. The van der Waals surface area contributed by atoms with Crippen LogP contribution in [-0.2, 0) is 32.0 Å². The first kappa shape index (κ1) is 24.5. The van der Waals surface area contributed by atoms with Crippen LogP contribution in [0.2, 0.25) is 0 Å². The van der Waals surface area contributed by atoms with Gasteiger partial charge in [0.1, 0.15) is 22.7 Å². The lowest BCUT2D eigenvalue weighted by atomic mass is 9.88. The van der Waals surface area contributed by atoms with Crippen molar-refractivity contribution in [1.82, 2.24) is 20.9 Å². The number of ketones is 1. The Labute approximate surface area is 218 Å². The number of urea groups is 1. The summed E-state index contributed by atoms with van der Waals surface area (Å²) in [6.45, 7) is 0.906. The van der Waals surface area contributed by atoms with Gasteiger partial charge in [-0.1, -0.05) is 6.07 Å². The molecule has 11 nitrogen and oxygen atoms in total. The number of fused-ring (bicyclic) bond motifs is 2. The van der Waals surface area contributed by atoms with Gasteiger partial charge in [-0.3, -0.25) is 24.5 Å². The second-order valence-electron chi connectivity index (χ2n) is 9.84. The largest absolute Gasteiger partial charge is 0.494 e. The van der Waals surface area contributed by atoms with Crippen LogP contribution in [0.4, 0.5) is 13.6 Å². The average Bonchev–Trinajstić information content (AvgIpc) is 3.58. The van der Waals surface area contributed by atoms with E-state index in [-0.39, 0.29) is 40.2 Å². The van der Waals surface area contributed by atoms with Gasteiger partial charge in [-0.05, 0) is 30.7 Å². The summed E-state index contributed by atoms with van der Waals surface area (Å²) in [6.07, 6.45) is -0.390. The summed E-state index contributed by atoms with van der Waals surface area (Å²) >= 11 is 0. The molecular formula is C26H20F2N4O7. The van der Waals surface area contributed by atoms with Gasteiger partial charge >= 0.3 is 6.03 Å². The maximum absolute atomic E-state index is 15.2. The van der Waals surface area contributed by atoms with Crippen LogP contribution in [0.3, 0.4) is 0 Å². The first-order chi connectivity index (χ1) is 18.5. The van der Waals surface area contributed by atoms with Crippen molar-refractivity contribution in [1.29, 1.82) is 0 Å². The zero-order valence-corrected chi connectivity index (χ0v) is 20.6. The van der Waals surface area contributed by atoms with Crippen molar-refractivity contribution >= 4 is 40.5 Å². The number of Topliss-reactive ketones (excluding diaryl/α,β-unsaturated/α-hetero) is 1. The Morgan fingerprint density at radius 2 is 1.85 bits per heavy atom. The number of carbonyl (C=O) groups excluding carboxylic acids is 5. The van der Waals surface area contributed by atoms with Gasteiger partial charge in [0.05, 0.1) is 25.6 Å². The van der Waals surface area contributed by atoms with Crippen LogP contribution in [-0.4, -0.2) is 48.1 Å². The molecule has 5 amide bonds.